The van der Waals surface area contributed by atoms with E-state index in [1.165, 1.54) is 22.2 Å². The van der Waals surface area contributed by atoms with Gasteiger partial charge in [-0.1, -0.05) is 29.8 Å². The minimum absolute atomic E-state index is 0.691. The molecule has 0 saturated heterocycles. The van der Waals surface area contributed by atoms with E-state index < -0.39 is 0 Å². The molecule has 3 rings (SSSR count). The molecule has 0 fully saturated rings. The average molecular weight is 286 g/mol. The van der Waals surface area contributed by atoms with Crippen LogP contribution in [0.25, 0.3) is 10.9 Å². The van der Waals surface area contributed by atoms with Crippen LogP contribution in [0.15, 0.2) is 42.7 Å². The Balaban J connectivity index is 1.94. The number of nitrogens with zero attached hydrogens (tertiary/aromatic N) is 2. The van der Waals surface area contributed by atoms with Crippen LogP contribution in [0, 0.1) is 6.92 Å². The maximum absolute atomic E-state index is 6.14. The molecule has 0 atom stereocenters. The van der Waals surface area contributed by atoms with E-state index in [-0.39, 0.29) is 0 Å². The van der Waals surface area contributed by atoms with Crippen molar-refractivity contribution in [1.29, 1.82) is 0 Å². The minimum atomic E-state index is 0.691. The number of aryl methyl sites for hydroxylation is 2. The highest BCUT2D eigenvalue weighted by atomic mass is 35.5. The minimum Gasteiger partial charge on any atom is -0.377 e. The van der Waals surface area contributed by atoms with Crippen LogP contribution in [-0.2, 0) is 13.6 Å². The van der Waals surface area contributed by atoms with Gasteiger partial charge in [0.1, 0.15) is 0 Å². The molecule has 2 heterocycles. The highest BCUT2D eigenvalue weighted by Gasteiger charge is 2.11. The Bertz CT molecular complexity index is 723. The second-order valence-corrected chi connectivity index (χ2v) is 5.26. The number of hydrogen-bond acceptors (Lipinski definition) is 2. The van der Waals surface area contributed by atoms with Crippen LogP contribution in [0.4, 0.5) is 5.69 Å². The fourth-order valence-electron chi connectivity index (χ4n) is 2.57. The van der Waals surface area contributed by atoms with Gasteiger partial charge in [0.05, 0.1) is 23.5 Å². The second-order valence-electron chi connectivity index (χ2n) is 4.86. The van der Waals surface area contributed by atoms with Gasteiger partial charge in [-0.25, -0.2) is 0 Å². The van der Waals surface area contributed by atoms with Crippen molar-refractivity contribution in [2.45, 2.75) is 13.5 Å². The van der Waals surface area contributed by atoms with E-state index in [1.54, 1.807) is 18.5 Å². The number of aromatic nitrogens is 2. The summed E-state index contributed by atoms with van der Waals surface area (Å²) >= 11 is 6.14. The van der Waals surface area contributed by atoms with Crippen molar-refractivity contribution in [3.8, 4) is 0 Å². The summed E-state index contributed by atoms with van der Waals surface area (Å²) in [6, 6.07) is 10.2. The van der Waals surface area contributed by atoms with Crippen molar-refractivity contribution in [1.82, 2.24) is 9.55 Å². The zero-order valence-electron chi connectivity index (χ0n) is 11.5. The van der Waals surface area contributed by atoms with Crippen LogP contribution in [0.1, 0.15) is 11.3 Å². The van der Waals surface area contributed by atoms with Gasteiger partial charge in [0.2, 0.25) is 0 Å². The van der Waals surface area contributed by atoms with Crippen molar-refractivity contribution in [3.63, 3.8) is 0 Å². The van der Waals surface area contributed by atoms with Crippen molar-refractivity contribution in [2.24, 2.45) is 7.05 Å². The predicted octanol–water partition coefficient (Wildman–Crippen LogP) is 4.15. The normalized spacial score (nSPS) is 10.9. The molecule has 0 radical (unpaired) electrons. The van der Waals surface area contributed by atoms with Crippen molar-refractivity contribution >= 4 is 28.2 Å². The molecule has 0 spiro atoms. The number of benzene rings is 1. The Labute approximate surface area is 123 Å². The van der Waals surface area contributed by atoms with E-state index in [1.807, 2.05) is 0 Å². The molecule has 0 aliphatic carbocycles. The van der Waals surface area contributed by atoms with Gasteiger partial charge in [0.15, 0.2) is 0 Å². The van der Waals surface area contributed by atoms with Gasteiger partial charge >= 0.3 is 0 Å². The molecule has 20 heavy (non-hydrogen) atoms. The third-order valence-electron chi connectivity index (χ3n) is 3.72. The van der Waals surface area contributed by atoms with Crippen LogP contribution < -0.4 is 5.32 Å². The zero-order valence-corrected chi connectivity index (χ0v) is 12.3. The van der Waals surface area contributed by atoms with E-state index in [0.29, 0.717) is 5.02 Å². The van der Waals surface area contributed by atoms with Gasteiger partial charge < -0.3 is 9.88 Å². The second kappa shape index (κ2) is 5.17. The fraction of sp³-hybridized carbons (Fsp3) is 0.188. The standard InChI is InChI=1S/C16H16ClN3/c1-11-12-5-3-4-6-15(12)20(2)16(11)10-19-14-9-18-8-7-13(14)17/h3-9,19H,10H2,1-2H3. The number of pyridine rings is 1. The molecule has 1 N–H and O–H groups in total. The lowest BCUT2D eigenvalue weighted by molar-refractivity contribution is 0.862. The van der Waals surface area contributed by atoms with Crippen molar-refractivity contribution in [2.75, 3.05) is 5.32 Å². The molecule has 0 unspecified atom stereocenters. The summed E-state index contributed by atoms with van der Waals surface area (Å²) in [7, 11) is 2.09. The topological polar surface area (TPSA) is 29.9 Å². The number of anilines is 1. The summed E-state index contributed by atoms with van der Waals surface area (Å²) in [5.74, 6) is 0. The quantitative estimate of drug-likeness (QED) is 0.783. The summed E-state index contributed by atoms with van der Waals surface area (Å²) in [5.41, 5.74) is 4.67. The van der Waals surface area contributed by atoms with Crippen LogP contribution in [-0.4, -0.2) is 9.55 Å². The van der Waals surface area contributed by atoms with Crippen molar-refractivity contribution < 1.29 is 0 Å². The van der Waals surface area contributed by atoms with Gasteiger partial charge in [-0.05, 0) is 24.6 Å². The molecule has 0 saturated carbocycles. The highest BCUT2D eigenvalue weighted by Crippen LogP contribution is 2.26. The Morgan fingerprint density at radius 1 is 1.25 bits per heavy atom. The molecule has 0 aliphatic heterocycles. The summed E-state index contributed by atoms with van der Waals surface area (Å²) < 4.78 is 2.22. The molecular weight excluding hydrogens is 270 g/mol. The van der Waals surface area contributed by atoms with E-state index in [2.05, 4.69) is 53.1 Å². The first-order chi connectivity index (χ1) is 9.68. The molecule has 102 valence electrons. The molecule has 3 nitrogen and oxygen atoms in total. The molecule has 0 aliphatic rings. The Hall–Kier alpha value is -2.00. The largest absolute Gasteiger partial charge is 0.377 e. The molecule has 2 aromatic heterocycles. The van der Waals surface area contributed by atoms with Gasteiger partial charge in [-0.3, -0.25) is 4.98 Å². The maximum atomic E-state index is 6.14. The Kier molecular flexibility index (Phi) is 3.36. The van der Waals surface area contributed by atoms with E-state index >= 15 is 0 Å². The lowest BCUT2D eigenvalue weighted by atomic mass is 10.1. The number of rotatable bonds is 3. The first kappa shape index (κ1) is 13.0. The Morgan fingerprint density at radius 2 is 2.05 bits per heavy atom. The third kappa shape index (κ3) is 2.14. The first-order valence-electron chi connectivity index (χ1n) is 6.54. The van der Waals surface area contributed by atoms with Crippen LogP contribution in [0.2, 0.25) is 5.02 Å². The summed E-state index contributed by atoms with van der Waals surface area (Å²) in [6.07, 6.45) is 3.44. The monoisotopic (exact) mass is 285 g/mol. The van der Waals surface area contributed by atoms with Crippen LogP contribution in [0.3, 0.4) is 0 Å². The Morgan fingerprint density at radius 3 is 2.80 bits per heavy atom. The molecule has 0 amide bonds. The SMILES string of the molecule is Cc1c(CNc2cnccc2Cl)n(C)c2ccccc12. The lowest BCUT2D eigenvalue weighted by Gasteiger charge is -2.10. The first-order valence-corrected chi connectivity index (χ1v) is 6.92. The molecule has 1 aromatic carbocycles. The third-order valence-corrected chi connectivity index (χ3v) is 4.05. The van der Waals surface area contributed by atoms with Crippen LogP contribution in [0.5, 0.6) is 0 Å². The number of halogens is 1. The highest BCUT2D eigenvalue weighted by molar-refractivity contribution is 6.33. The molecule has 4 heteroatoms. The number of fused-ring (bicyclic) bond motifs is 1. The molecule has 3 aromatic rings. The number of para-hydroxylation sites is 1. The smallest absolute Gasteiger partial charge is 0.0719 e. The lowest BCUT2D eigenvalue weighted by Crippen LogP contribution is -2.06. The summed E-state index contributed by atoms with van der Waals surface area (Å²) in [4.78, 5) is 4.09. The van der Waals surface area contributed by atoms with Crippen molar-refractivity contribution in [3.05, 3.63) is 59.0 Å². The number of nitrogens with one attached hydrogen (secondary N) is 1. The average Bonchev–Trinajstić information content (AvgIpc) is 2.71. The van der Waals surface area contributed by atoms with E-state index in [4.69, 9.17) is 11.6 Å². The fourth-order valence-corrected chi connectivity index (χ4v) is 2.75. The van der Waals surface area contributed by atoms with Gasteiger partial charge in [0.25, 0.3) is 0 Å². The van der Waals surface area contributed by atoms with Gasteiger partial charge in [-0.2, -0.15) is 0 Å². The van der Waals surface area contributed by atoms with Gasteiger partial charge in [-0.15, -0.1) is 0 Å². The van der Waals surface area contributed by atoms with Gasteiger partial charge in [0, 0.05) is 29.8 Å². The molecular formula is C16H16ClN3. The molecule has 0 bridgehead atoms. The maximum Gasteiger partial charge on any atom is 0.0719 e. The van der Waals surface area contributed by atoms with E-state index in [9.17, 15) is 0 Å². The summed E-state index contributed by atoms with van der Waals surface area (Å²) in [6.45, 7) is 2.88. The predicted molar refractivity (Wildman–Crippen MR) is 84.2 cm³/mol. The van der Waals surface area contributed by atoms with E-state index in [0.717, 1.165) is 12.2 Å². The zero-order chi connectivity index (χ0) is 14.1. The summed E-state index contributed by atoms with van der Waals surface area (Å²) in [5, 5.41) is 5.34. The number of hydrogen-bond donors (Lipinski definition) is 1. The van der Waals surface area contributed by atoms with Crippen LogP contribution >= 0.6 is 11.6 Å².